The van der Waals surface area contributed by atoms with Crippen molar-refractivity contribution in [2.45, 2.75) is 26.0 Å². The van der Waals surface area contributed by atoms with E-state index in [1.165, 1.54) is 6.07 Å². The molecule has 1 heterocycles. The summed E-state index contributed by atoms with van der Waals surface area (Å²) in [6.45, 7) is 5.86. The van der Waals surface area contributed by atoms with Gasteiger partial charge in [0, 0.05) is 19.6 Å². The Morgan fingerprint density at radius 3 is 2.73 bits per heavy atom. The summed E-state index contributed by atoms with van der Waals surface area (Å²) in [5.74, 6) is -0.192. The van der Waals surface area contributed by atoms with E-state index in [-0.39, 0.29) is 5.82 Å². The van der Waals surface area contributed by atoms with Crippen LogP contribution in [0.25, 0.3) is 0 Å². The molecule has 0 unspecified atom stereocenters. The summed E-state index contributed by atoms with van der Waals surface area (Å²) < 4.78 is 13.0. The fourth-order valence-electron chi connectivity index (χ4n) is 2.08. The monoisotopic (exact) mass is 209 g/mol. The van der Waals surface area contributed by atoms with Gasteiger partial charge in [-0.1, -0.05) is 6.07 Å². The van der Waals surface area contributed by atoms with Crippen LogP contribution in [0.4, 0.5) is 4.39 Å². The van der Waals surface area contributed by atoms with Gasteiger partial charge in [-0.2, -0.15) is 0 Å². The average Bonchev–Trinajstić information content (AvgIpc) is 2.08. The Hall–Kier alpha value is -0.930. The van der Waals surface area contributed by atoms with Crippen LogP contribution in [-0.4, -0.2) is 28.7 Å². The van der Waals surface area contributed by atoms with Crippen LogP contribution in [0.1, 0.15) is 18.1 Å². The highest BCUT2D eigenvalue weighted by Crippen LogP contribution is 2.23. The third kappa shape index (κ3) is 2.36. The van der Waals surface area contributed by atoms with Gasteiger partial charge in [-0.3, -0.25) is 4.90 Å². The first-order valence-corrected chi connectivity index (χ1v) is 5.16. The van der Waals surface area contributed by atoms with Crippen LogP contribution in [0.3, 0.4) is 0 Å². The Labute approximate surface area is 89.3 Å². The molecule has 82 valence electrons. The van der Waals surface area contributed by atoms with Crippen molar-refractivity contribution in [3.63, 3.8) is 0 Å². The van der Waals surface area contributed by atoms with Gasteiger partial charge >= 0.3 is 0 Å². The first-order valence-electron chi connectivity index (χ1n) is 5.16. The highest BCUT2D eigenvalue weighted by Gasteiger charge is 2.36. The molecule has 0 saturated carbocycles. The number of β-amino-alcohol motifs (C(OH)–C–C–N with tert-alkyl or cyclic N) is 1. The predicted molar refractivity (Wildman–Crippen MR) is 57.0 cm³/mol. The van der Waals surface area contributed by atoms with Gasteiger partial charge in [0.05, 0.1) is 5.60 Å². The highest BCUT2D eigenvalue weighted by atomic mass is 19.1. The molecule has 1 saturated heterocycles. The van der Waals surface area contributed by atoms with E-state index in [1.807, 2.05) is 13.8 Å². The molecule has 0 amide bonds. The van der Waals surface area contributed by atoms with Crippen molar-refractivity contribution >= 4 is 0 Å². The zero-order valence-corrected chi connectivity index (χ0v) is 9.13. The van der Waals surface area contributed by atoms with Crippen LogP contribution >= 0.6 is 0 Å². The minimum Gasteiger partial charge on any atom is -0.388 e. The second-order valence-corrected chi connectivity index (χ2v) is 4.71. The van der Waals surface area contributed by atoms with Gasteiger partial charge < -0.3 is 5.11 Å². The number of halogens is 1. The number of aryl methyl sites for hydroxylation is 1. The molecule has 0 bridgehead atoms. The molecule has 0 radical (unpaired) electrons. The summed E-state index contributed by atoms with van der Waals surface area (Å²) in [6.07, 6.45) is 0. The number of hydrogen-bond acceptors (Lipinski definition) is 2. The summed E-state index contributed by atoms with van der Waals surface area (Å²) in [4.78, 5) is 2.11. The van der Waals surface area contributed by atoms with E-state index in [0.29, 0.717) is 13.1 Å². The Kier molecular flexibility index (Phi) is 2.52. The molecule has 1 aromatic carbocycles. The quantitative estimate of drug-likeness (QED) is 0.801. The SMILES string of the molecule is Cc1ccc(F)cc1CN1CC(C)(O)C1. The van der Waals surface area contributed by atoms with E-state index < -0.39 is 5.60 Å². The molecule has 1 aliphatic rings. The van der Waals surface area contributed by atoms with E-state index >= 15 is 0 Å². The Balaban J connectivity index is 2.03. The topological polar surface area (TPSA) is 23.5 Å². The molecule has 3 heteroatoms. The lowest BCUT2D eigenvalue weighted by Gasteiger charge is -2.44. The van der Waals surface area contributed by atoms with Gasteiger partial charge in [-0.15, -0.1) is 0 Å². The minimum absolute atomic E-state index is 0.192. The maximum Gasteiger partial charge on any atom is 0.123 e. The van der Waals surface area contributed by atoms with E-state index in [0.717, 1.165) is 17.7 Å². The summed E-state index contributed by atoms with van der Waals surface area (Å²) in [7, 11) is 0. The summed E-state index contributed by atoms with van der Waals surface area (Å²) in [6, 6.07) is 4.84. The number of benzene rings is 1. The van der Waals surface area contributed by atoms with Crippen molar-refractivity contribution in [3.8, 4) is 0 Å². The maximum absolute atomic E-state index is 13.0. The van der Waals surface area contributed by atoms with Crippen LogP contribution in [0.15, 0.2) is 18.2 Å². The molecule has 1 aliphatic heterocycles. The molecular formula is C12H16FNO. The molecule has 2 nitrogen and oxygen atoms in total. The lowest BCUT2D eigenvalue weighted by Crippen LogP contribution is -2.59. The lowest BCUT2D eigenvalue weighted by atomic mass is 9.95. The molecule has 1 N–H and O–H groups in total. The van der Waals surface area contributed by atoms with Crippen LogP contribution in [-0.2, 0) is 6.54 Å². The number of aliphatic hydroxyl groups is 1. The van der Waals surface area contributed by atoms with Crippen molar-refractivity contribution < 1.29 is 9.50 Å². The maximum atomic E-state index is 13.0. The van der Waals surface area contributed by atoms with Gasteiger partial charge in [-0.25, -0.2) is 4.39 Å². The Bertz CT molecular complexity index is 368. The van der Waals surface area contributed by atoms with E-state index in [9.17, 15) is 9.50 Å². The fraction of sp³-hybridized carbons (Fsp3) is 0.500. The Morgan fingerprint density at radius 1 is 1.47 bits per heavy atom. The molecule has 0 atom stereocenters. The molecule has 0 aromatic heterocycles. The standard InChI is InChI=1S/C12H16FNO/c1-9-3-4-11(13)5-10(9)6-14-7-12(2,15)8-14/h3-5,15H,6-8H2,1-2H3. The van der Waals surface area contributed by atoms with Gasteiger partial charge in [0.15, 0.2) is 0 Å². The van der Waals surface area contributed by atoms with Crippen LogP contribution in [0, 0.1) is 12.7 Å². The van der Waals surface area contributed by atoms with Gasteiger partial charge in [0.1, 0.15) is 5.82 Å². The fourth-order valence-corrected chi connectivity index (χ4v) is 2.08. The predicted octanol–water partition coefficient (Wildman–Crippen LogP) is 1.70. The average molecular weight is 209 g/mol. The summed E-state index contributed by atoms with van der Waals surface area (Å²) in [5, 5.41) is 9.57. The van der Waals surface area contributed by atoms with Crippen LogP contribution in [0.5, 0.6) is 0 Å². The first-order chi connectivity index (χ1) is 6.96. The minimum atomic E-state index is -0.554. The zero-order chi connectivity index (χ0) is 11.1. The summed E-state index contributed by atoms with van der Waals surface area (Å²) >= 11 is 0. The molecule has 0 aliphatic carbocycles. The van der Waals surface area contributed by atoms with Gasteiger partial charge in [0.25, 0.3) is 0 Å². The molecule has 15 heavy (non-hydrogen) atoms. The van der Waals surface area contributed by atoms with Gasteiger partial charge in [0.2, 0.25) is 0 Å². The van der Waals surface area contributed by atoms with Crippen molar-refractivity contribution in [1.29, 1.82) is 0 Å². The number of hydrogen-bond donors (Lipinski definition) is 1. The third-order valence-corrected chi connectivity index (χ3v) is 2.83. The molecular weight excluding hydrogens is 193 g/mol. The van der Waals surface area contributed by atoms with Crippen LogP contribution in [0.2, 0.25) is 0 Å². The van der Waals surface area contributed by atoms with E-state index in [1.54, 1.807) is 12.1 Å². The molecule has 1 fully saturated rings. The van der Waals surface area contributed by atoms with Crippen molar-refractivity contribution in [1.82, 2.24) is 4.90 Å². The van der Waals surface area contributed by atoms with Gasteiger partial charge in [-0.05, 0) is 37.1 Å². The first kappa shape index (κ1) is 10.6. The number of nitrogens with zero attached hydrogens (tertiary/aromatic N) is 1. The largest absolute Gasteiger partial charge is 0.388 e. The lowest BCUT2D eigenvalue weighted by molar-refractivity contribution is -0.0872. The molecule has 0 spiro atoms. The Morgan fingerprint density at radius 2 is 2.13 bits per heavy atom. The highest BCUT2D eigenvalue weighted by molar-refractivity contribution is 5.26. The molecule has 2 rings (SSSR count). The second-order valence-electron chi connectivity index (χ2n) is 4.71. The molecule has 1 aromatic rings. The number of rotatable bonds is 2. The van der Waals surface area contributed by atoms with Crippen molar-refractivity contribution in [2.24, 2.45) is 0 Å². The van der Waals surface area contributed by atoms with Crippen molar-refractivity contribution in [2.75, 3.05) is 13.1 Å². The smallest absolute Gasteiger partial charge is 0.123 e. The zero-order valence-electron chi connectivity index (χ0n) is 9.13. The second kappa shape index (κ2) is 3.58. The normalized spacial score (nSPS) is 20.0. The summed E-state index contributed by atoms with van der Waals surface area (Å²) in [5.41, 5.74) is 1.55. The third-order valence-electron chi connectivity index (χ3n) is 2.83. The van der Waals surface area contributed by atoms with E-state index in [4.69, 9.17) is 0 Å². The van der Waals surface area contributed by atoms with Crippen molar-refractivity contribution in [3.05, 3.63) is 35.1 Å². The van der Waals surface area contributed by atoms with Crippen LogP contribution < -0.4 is 0 Å². The van der Waals surface area contributed by atoms with E-state index in [2.05, 4.69) is 4.90 Å². The number of likely N-dealkylation sites (tertiary alicyclic amines) is 1.